The van der Waals surface area contributed by atoms with Crippen LogP contribution in [-0.4, -0.2) is 66.5 Å². The van der Waals surface area contributed by atoms with Gasteiger partial charge in [-0.15, -0.1) is 0 Å². The zero-order valence-electron chi connectivity index (χ0n) is 18.9. The van der Waals surface area contributed by atoms with E-state index in [0.29, 0.717) is 19.6 Å². The van der Waals surface area contributed by atoms with Crippen molar-refractivity contribution in [3.63, 3.8) is 0 Å². The molecule has 2 heterocycles. The molecule has 5 nitrogen and oxygen atoms in total. The van der Waals surface area contributed by atoms with Gasteiger partial charge in [0.05, 0.1) is 6.04 Å². The molecule has 5 heteroatoms. The van der Waals surface area contributed by atoms with E-state index < -0.39 is 0 Å². The van der Waals surface area contributed by atoms with Gasteiger partial charge in [0.15, 0.2) is 0 Å². The number of ether oxygens (including phenoxy) is 1. The minimum absolute atomic E-state index is 0.0812. The van der Waals surface area contributed by atoms with Crippen molar-refractivity contribution in [1.82, 2.24) is 14.7 Å². The monoisotopic (exact) mass is 421 g/mol. The Morgan fingerprint density at radius 1 is 1.03 bits per heavy atom. The van der Waals surface area contributed by atoms with Crippen LogP contribution in [0.5, 0.6) is 5.75 Å². The predicted octanol–water partition coefficient (Wildman–Crippen LogP) is 3.57. The van der Waals surface area contributed by atoms with Crippen molar-refractivity contribution < 1.29 is 9.53 Å². The number of carbonyl (C=O) groups is 1. The van der Waals surface area contributed by atoms with Gasteiger partial charge in [-0.2, -0.15) is 0 Å². The lowest BCUT2D eigenvalue weighted by atomic mass is 10.1. The highest BCUT2D eigenvalue weighted by Crippen LogP contribution is 2.27. The van der Waals surface area contributed by atoms with Crippen LogP contribution < -0.4 is 4.74 Å². The zero-order valence-corrected chi connectivity index (χ0v) is 18.9. The van der Waals surface area contributed by atoms with E-state index >= 15 is 0 Å². The Bertz CT molecular complexity index is 862. The van der Waals surface area contributed by atoms with Crippen LogP contribution in [0.3, 0.4) is 0 Å². The fourth-order valence-corrected chi connectivity index (χ4v) is 4.47. The summed E-state index contributed by atoms with van der Waals surface area (Å²) in [5.74, 6) is 1.15. The van der Waals surface area contributed by atoms with E-state index in [0.717, 1.165) is 56.9 Å². The van der Waals surface area contributed by atoms with Gasteiger partial charge in [0.1, 0.15) is 12.4 Å². The standard InChI is InChI=1S/C26H35N3O2/c1-21-20-31-25-12-11-23(18-28-15-13-27(2)14-16-28)17-24(25)19-29(21)26(30)10-6-9-22-7-4-3-5-8-22/h3-5,7-8,11-12,17,21H,6,9-10,13-16,18-20H2,1-2H3/t21-/m0/s1. The van der Waals surface area contributed by atoms with E-state index in [-0.39, 0.29) is 11.9 Å². The molecule has 1 amide bonds. The van der Waals surface area contributed by atoms with Crippen molar-refractivity contribution in [1.29, 1.82) is 0 Å². The molecule has 2 aromatic rings. The van der Waals surface area contributed by atoms with Crippen molar-refractivity contribution in [3.05, 3.63) is 65.2 Å². The number of carbonyl (C=O) groups excluding carboxylic acids is 1. The van der Waals surface area contributed by atoms with E-state index in [1.54, 1.807) is 0 Å². The number of hydrogen-bond donors (Lipinski definition) is 0. The highest BCUT2D eigenvalue weighted by molar-refractivity contribution is 5.76. The molecular formula is C26H35N3O2. The second kappa shape index (κ2) is 10.3. The van der Waals surface area contributed by atoms with E-state index in [2.05, 4.69) is 66.2 Å². The molecule has 0 saturated carbocycles. The number of fused-ring (bicyclic) bond motifs is 1. The molecule has 31 heavy (non-hydrogen) atoms. The maximum atomic E-state index is 13.1. The Kier molecular flexibility index (Phi) is 7.25. The average molecular weight is 422 g/mol. The number of nitrogens with zero attached hydrogens (tertiary/aromatic N) is 3. The summed E-state index contributed by atoms with van der Waals surface area (Å²) in [6, 6.07) is 17.0. The quantitative estimate of drug-likeness (QED) is 0.715. The number of benzene rings is 2. The molecule has 1 atom stereocenters. The van der Waals surface area contributed by atoms with Crippen molar-refractivity contribution in [2.24, 2.45) is 0 Å². The number of amides is 1. The molecule has 166 valence electrons. The maximum absolute atomic E-state index is 13.1. The Balaban J connectivity index is 1.38. The lowest BCUT2D eigenvalue weighted by Crippen LogP contribution is -2.43. The first-order valence-electron chi connectivity index (χ1n) is 11.6. The predicted molar refractivity (Wildman–Crippen MR) is 124 cm³/mol. The van der Waals surface area contributed by atoms with Gasteiger partial charge in [-0.25, -0.2) is 0 Å². The second-order valence-electron chi connectivity index (χ2n) is 9.04. The van der Waals surface area contributed by atoms with Crippen molar-refractivity contribution in [3.8, 4) is 5.75 Å². The third kappa shape index (κ3) is 5.86. The zero-order chi connectivity index (χ0) is 21.6. The van der Waals surface area contributed by atoms with Crippen LogP contribution in [0.15, 0.2) is 48.5 Å². The summed E-state index contributed by atoms with van der Waals surface area (Å²) in [5.41, 5.74) is 3.73. The molecule has 2 aromatic carbocycles. The Morgan fingerprint density at radius 3 is 2.58 bits per heavy atom. The van der Waals surface area contributed by atoms with E-state index in [1.165, 1.54) is 11.1 Å². The molecule has 0 radical (unpaired) electrons. The molecule has 4 rings (SSSR count). The molecule has 2 aliphatic rings. The van der Waals surface area contributed by atoms with Crippen LogP contribution in [0.4, 0.5) is 0 Å². The smallest absolute Gasteiger partial charge is 0.223 e. The van der Waals surface area contributed by atoms with Gasteiger partial charge >= 0.3 is 0 Å². The average Bonchev–Trinajstić information content (AvgIpc) is 2.95. The summed E-state index contributed by atoms with van der Waals surface area (Å²) in [6.45, 7) is 8.69. The van der Waals surface area contributed by atoms with E-state index in [1.807, 2.05) is 11.0 Å². The van der Waals surface area contributed by atoms with Crippen LogP contribution in [0, 0.1) is 0 Å². The molecule has 0 bridgehead atoms. The molecule has 0 N–H and O–H groups in total. The SMILES string of the molecule is C[C@H]1COc2ccc(CN3CCN(C)CC3)cc2CN1C(=O)CCCc1ccccc1. The minimum Gasteiger partial charge on any atom is -0.491 e. The third-order valence-electron chi connectivity index (χ3n) is 6.50. The number of likely N-dealkylation sites (N-methyl/N-ethyl adjacent to an activating group) is 1. The second-order valence-corrected chi connectivity index (χ2v) is 9.04. The minimum atomic E-state index is 0.0812. The van der Waals surface area contributed by atoms with Gasteiger partial charge in [0.25, 0.3) is 0 Å². The fourth-order valence-electron chi connectivity index (χ4n) is 4.47. The van der Waals surface area contributed by atoms with Gasteiger partial charge in [0, 0.05) is 51.3 Å². The molecule has 0 aliphatic carbocycles. The van der Waals surface area contributed by atoms with Crippen LogP contribution >= 0.6 is 0 Å². The first-order valence-corrected chi connectivity index (χ1v) is 11.6. The van der Waals surface area contributed by atoms with Crippen LogP contribution in [-0.2, 0) is 24.3 Å². The Labute approximate surface area is 186 Å². The molecule has 2 aliphatic heterocycles. The summed E-state index contributed by atoms with van der Waals surface area (Å²) in [5, 5.41) is 0. The van der Waals surface area contributed by atoms with Crippen LogP contribution in [0.2, 0.25) is 0 Å². The van der Waals surface area contributed by atoms with Crippen molar-refractivity contribution >= 4 is 5.91 Å². The van der Waals surface area contributed by atoms with Gasteiger partial charge in [-0.3, -0.25) is 9.69 Å². The molecule has 0 unspecified atom stereocenters. The third-order valence-corrected chi connectivity index (χ3v) is 6.50. The van der Waals surface area contributed by atoms with Crippen LogP contribution in [0.1, 0.15) is 36.5 Å². The normalized spacial score (nSPS) is 20.1. The lowest BCUT2D eigenvalue weighted by molar-refractivity contribution is -0.134. The Hall–Kier alpha value is -2.37. The van der Waals surface area contributed by atoms with Gasteiger partial charge < -0.3 is 14.5 Å². The summed E-state index contributed by atoms with van der Waals surface area (Å²) < 4.78 is 6.06. The molecule has 0 aromatic heterocycles. The fraction of sp³-hybridized carbons (Fsp3) is 0.500. The molecule has 0 spiro atoms. The number of aryl methyl sites for hydroxylation is 1. The molecule has 1 fully saturated rings. The van der Waals surface area contributed by atoms with Gasteiger partial charge in [0.2, 0.25) is 5.91 Å². The number of piperazine rings is 1. The molecular weight excluding hydrogens is 386 g/mol. The maximum Gasteiger partial charge on any atom is 0.223 e. The highest BCUT2D eigenvalue weighted by Gasteiger charge is 2.26. The molecule has 1 saturated heterocycles. The van der Waals surface area contributed by atoms with E-state index in [4.69, 9.17) is 4.74 Å². The first-order chi connectivity index (χ1) is 15.1. The topological polar surface area (TPSA) is 36.0 Å². The lowest BCUT2D eigenvalue weighted by Gasteiger charge is -2.32. The number of rotatable bonds is 6. The summed E-state index contributed by atoms with van der Waals surface area (Å²) in [7, 11) is 2.18. The van der Waals surface area contributed by atoms with Gasteiger partial charge in [-0.05, 0) is 50.1 Å². The van der Waals surface area contributed by atoms with E-state index in [9.17, 15) is 4.79 Å². The van der Waals surface area contributed by atoms with Crippen molar-refractivity contribution in [2.75, 3.05) is 39.8 Å². The number of hydrogen-bond acceptors (Lipinski definition) is 4. The summed E-state index contributed by atoms with van der Waals surface area (Å²) in [6.07, 6.45) is 2.40. The van der Waals surface area contributed by atoms with Gasteiger partial charge in [-0.1, -0.05) is 36.4 Å². The first kappa shape index (κ1) is 21.8. The summed E-state index contributed by atoms with van der Waals surface area (Å²) in [4.78, 5) is 19.9. The van der Waals surface area contributed by atoms with Crippen LogP contribution in [0.25, 0.3) is 0 Å². The van der Waals surface area contributed by atoms with Crippen molar-refractivity contribution in [2.45, 2.75) is 45.3 Å². The highest BCUT2D eigenvalue weighted by atomic mass is 16.5. The largest absolute Gasteiger partial charge is 0.491 e. The Morgan fingerprint density at radius 2 is 1.81 bits per heavy atom. The summed E-state index contributed by atoms with van der Waals surface area (Å²) >= 11 is 0.